The molecule has 0 spiro atoms. The lowest BCUT2D eigenvalue weighted by Gasteiger charge is -2.24. The lowest BCUT2D eigenvalue weighted by molar-refractivity contribution is -0.299. The molecule has 0 saturated carbocycles. The highest BCUT2D eigenvalue weighted by Gasteiger charge is 2.59. The van der Waals surface area contributed by atoms with Crippen molar-refractivity contribution in [1.82, 2.24) is 4.98 Å². The van der Waals surface area contributed by atoms with Crippen LogP contribution >= 0.6 is 11.3 Å². The highest BCUT2D eigenvalue weighted by atomic mass is 32.1. The van der Waals surface area contributed by atoms with Crippen molar-refractivity contribution in [3.8, 4) is 5.75 Å². The Morgan fingerprint density at radius 3 is 2.25 bits per heavy atom. The van der Waals surface area contributed by atoms with Crippen LogP contribution in [0, 0.1) is 0 Å². The molecule has 0 radical (unpaired) electrons. The van der Waals surface area contributed by atoms with E-state index in [-0.39, 0.29) is 11.2 Å². The number of alkyl halides is 6. The largest absolute Gasteiger partial charge is 0.469 e. The Hall–Kier alpha value is -1.71. The van der Waals surface area contributed by atoms with E-state index in [1.807, 2.05) is 0 Å². The lowest BCUT2D eigenvalue weighted by atomic mass is 10.2. The Morgan fingerprint density at radius 1 is 1.10 bits per heavy atom. The number of hydrogen-bond acceptors (Lipinski definition) is 4. The van der Waals surface area contributed by atoms with Crippen LogP contribution in [-0.2, 0) is 0 Å². The van der Waals surface area contributed by atoms with E-state index in [1.165, 1.54) is 11.6 Å². The van der Waals surface area contributed by atoms with Crippen molar-refractivity contribution in [2.24, 2.45) is 0 Å². The molecule has 1 aromatic carbocycles. The summed E-state index contributed by atoms with van der Waals surface area (Å²) in [6.45, 7) is 0. The molecule has 2 N–H and O–H groups in total. The van der Waals surface area contributed by atoms with E-state index in [2.05, 4.69) is 9.72 Å². The molecule has 2 rings (SSSR count). The predicted molar refractivity (Wildman–Crippen MR) is 60.6 cm³/mol. The maximum atomic E-state index is 12.4. The van der Waals surface area contributed by atoms with Crippen LogP contribution in [-0.4, -0.2) is 23.4 Å². The maximum Gasteiger partial charge on any atom is 0.434 e. The van der Waals surface area contributed by atoms with Crippen molar-refractivity contribution in [3.63, 3.8) is 0 Å². The summed E-state index contributed by atoms with van der Waals surface area (Å²) in [4.78, 5) is 3.76. The molecule has 0 aliphatic heterocycles. The van der Waals surface area contributed by atoms with Crippen LogP contribution < -0.4 is 10.5 Å². The fourth-order valence-corrected chi connectivity index (χ4v) is 2.18. The first-order valence-electron chi connectivity index (χ1n) is 5.02. The number of rotatable bonds is 2. The van der Waals surface area contributed by atoms with Crippen LogP contribution in [0.2, 0.25) is 0 Å². The number of ether oxygens (including phenoxy) is 1. The molecule has 0 bridgehead atoms. The topological polar surface area (TPSA) is 48.1 Å². The van der Waals surface area contributed by atoms with Gasteiger partial charge in [0.1, 0.15) is 17.0 Å². The third kappa shape index (κ3) is 2.74. The van der Waals surface area contributed by atoms with Crippen molar-refractivity contribution < 1.29 is 31.1 Å². The third-order valence-corrected chi connectivity index (χ3v) is 3.14. The van der Waals surface area contributed by atoms with Gasteiger partial charge in [0.05, 0.1) is 10.2 Å². The summed E-state index contributed by atoms with van der Waals surface area (Å²) >= 11 is 1.15. The Morgan fingerprint density at radius 2 is 1.70 bits per heavy atom. The van der Waals surface area contributed by atoms with Crippen molar-refractivity contribution in [3.05, 3.63) is 17.6 Å². The minimum Gasteiger partial charge on any atom is -0.469 e. The van der Waals surface area contributed by atoms with E-state index >= 15 is 0 Å². The molecular formula is C10H6F6N2OS. The number of anilines is 1. The molecule has 20 heavy (non-hydrogen) atoms. The normalized spacial score (nSPS) is 13.2. The van der Waals surface area contributed by atoms with E-state index in [0.29, 0.717) is 4.70 Å². The summed E-state index contributed by atoms with van der Waals surface area (Å²) < 4.78 is 78.9. The second-order valence-electron chi connectivity index (χ2n) is 3.76. The van der Waals surface area contributed by atoms with Gasteiger partial charge in [-0.05, 0) is 12.1 Å². The number of fused-ring (bicyclic) bond motifs is 1. The SMILES string of the molecule is Nc1c(OC(C(F)(F)F)C(F)(F)F)ccc2scnc12. The van der Waals surface area contributed by atoms with Gasteiger partial charge in [0, 0.05) is 0 Å². The van der Waals surface area contributed by atoms with Gasteiger partial charge < -0.3 is 10.5 Å². The number of aromatic nitrogens is 1. The molecule has 1 heterocycles. The number of thiazole rings is 1. The van der Waals surface area contributed by atoms with Crippen LogP contribution in [0.1, 0.15) is 0 Å². The van der Waals surface area contributed by atoms with E-state index in [1.54, 1.807) is 0 Å². The van der Waals surface area contributed by atoms with Gasteiger partial charge in [-0.1, -0.05) is 0 Å². The predicted octanol–water partition coefficient (Wildman–Crippen LogP) is 3.75. The molecule has 0 aliphatic rings. The second-order valence-corrected chi connectivity index (χ2v) is 4.64. The van der Waals surface area contributed by atoms with E-state index in [9.17, 15) is 26.3 Å². The number of nitrogen functional groups attached to an aromatic ring is 1. The standard InChI is InChI=1S/C10H6F6N2OS/c11-9(12,13)8(10(14,15)16)19-4-1-2-5-7(6(4)17)18-3-20-5/h1-3,8H,17H2. The van der Waals surface area contributed by atoms with E-state index < -0.39 is 24.2 Å². The van der Waals surface area contributed by atoms with Gasteiger partial charge >= 0.3 is 12.4 Å². The number of nitrogens with two attached hydrogens (primary N) is 1. The average molecular weight is 316 g/mol. The summed E-state index contributed by atoms with van der Waals surface area (Å²) in [6, 6.07) is 2.25. The molecule has 0 unspecified atom stereocenters. The van der Waals surface area contributed by atoms with Crippen molar-refractivity contribution in [1.29, 1.82) is 0 Å². The maximum absolute atomic E-state index is 12.4. The summed E-state index contributed by atoms with van der Waals surface area (Å²) in [5, 5.41) is 0. The zero-order valence-electron chi connectivity index (χ0n) is 9.42. The minimum atomic E-state index is -5.60. The van der Waals surface area contributed by atoms with E-state index in [4.69, 9.17) is 5.73 Å². The van der Waals surface area contributed by atoms with Gasteiger partial charge in [-0.3, -0.25) is 0 Å². The summed E-state index contributed by atoms with van der Waals surface area (Å²) in [5.41, 5.74) is 6.60. The first-order valence-corrected chi connectivity index (χ1v) is 5.90. The molecule has 0 saturated heterocycles. The molecule has 1 aromatic heterocycles. The average Bonchev–Trinajstić information content (AvgIpc) is 2.73. The van der Waals surface area contributed by atoms with Gasteiger partial charge in [0.15, 0.2) is 0 Å². The first kappa shape index (κ1) is 14.7. The highest BCUT2D eigenvalue weighted by Crippen LogP contribution is 2.39. The Balaban J connectivity index is 2.41. The summed E-state index contributed by atoms with van der Waals surface area (Å²) in [6.07, 6.45) is -15.1. The molecule has 0 atom stereocenters. The van der Waals surface area contributed by atoms with Crippen molar-refractivity contribution >= 4 is 27.2 Å². The zero-order valence-corrected chi connectivity index (χ0v) is 10.2. The molecule has 3 nitrogen and oxygen atoms in total. The van der Waals surface area contributed by atoms with E-state index in [0.717, 1.165) is 17.4 Å². The Kier molecular flexibility index (Phi) is 3.44. The number of benzene rings is 1. The fraction of sp³-hybridized carbons (Fsp3) is 0.300. The highest BCUT2D eigenvalue weighted by molar-refractivity contribution is 7.16. The van der Waals surface area contributed by atoms with Gasteiger partial charge in [0.25, 0.3) is 6.10 Å². The van der Waals surface area contributed by atoms with Gasteiger partial charge in [0.2, 0.25) is 0 Å². The monoisotopic (exact) mass is 316 g/mol. The lowest BCUT2D eigenvalue weighted by Crippen LogP contribution is -2.46. The first-order chi connectivity index (χ1) is 9.10. The molecule has 110 valence electrons. The summed E-state index contributed by atoms with van der Waals surface area (Å²) in [5.74, 6) is -0.706. The van der Waals surface area contributed by atoms with Crippen molar-refractivity contribution in [2.75, 3.05) is 5.73 Å². The minimum absolute atomic E-state index is 0.107. The van der Waals surface area contributed by atoms with Gasteiger partial charge in [-0.2, -0.15) is 26.3 Å². The van der Waals surface area contributed by atoms with Crippen LogP contribution in [0.3, 0.4) is 0 Å². The Labute approximate surface area is 112 Å². The second kappa shape index (κ2) is 4.69. The third-order valence-electron chi connectivity index (χ3n) is 2.34. The molecule has 10 heteroatoms. The molecule has 2 aromatic rings. The quantitative estimate of drug-likeness (QED) is 0.678. The number of halogens is 6. The zero-order chi connectivity index (χ0) is 15.1. The number of nitrogens with zero attached hydrogens (tertiary/aromatic N) is 1. The molecule has 0 amide bonds. The van der Waals surface area contributed by atoms with Crippen LogP contribution in [0.25, 0.3) is 10.2 Å². The van der Waals surface area contributed by atoms with Crippen molar-refractivity contribution in [2.45, 2.75) is 18.5 Å². The smallest absolute Gasteiger partial charge is 0.434 e. The Bertz CT molecular complexity index is 606. The molecular weight excluding hydrogens is 310 g/mol. The fourth-order valence-electron chi connectivity index (χ4n) is 1.48. The van der Waals surface area contributed by atoms with Crippen LogP contribution in [0.15, 0.2) is 17.6 Å². The molecule has 0 aliphatic carbocycles. The van der Waals surface area contributed by atoms with Gasteiger partial charge in [-0.15, -0.1) is 11.3 Å². The summed E-state index contributed by atoms with van der Waals surface area (Å²) in [7, 11) is 0. The van der Waals surface area contributed by atoms with Crippen LogP contribution in [0.4, 0.5) is 32.0 Å². The van der Waals surface area contributed by atoms with Crippen LogP contribution in [0.5, 0.6) is 5.75 Å². The molecule has 0 fully saturated rings. The number of hydrogen-bond donors (Lipinski definition) is 1. The van der Waals surface area contributed by atoms with Gasteiger partial charge in [-0.25, -0.2) is 4.98 Å².